The Balaban J connectivity index is 0.00000264. The first-order valence-corrected chi connectivity index (χ1v) is 8.44. The molecule has 6 nitrogen and oxygen atoms in total. The highest BCUT2D eigenvalue weighted by molar-refractivity contribution is 14.0. The van der Waals surface area contributed by atoms with Crippen LogP contribution in [0.4, 0.5) is 0 Å². The number of aliphatic hydroxyl groups excluding tert-OH is 1. The van der Waals surface area contributed by atoms with Crippen molar-refractivity contribution in [1.29, 1.82) is 0 Å². The van der Waals surface area contributed by atoms with E-state index in [0.29, 0.717) is 12.5 Å². The van der Waals surface area contributed by atoms with Crippen LogP contribution in [0, 0.1) is 11.8 Å². The van der Waals surface area contributed by atoms with Crippen molar-refractivity contribution in [3.63, 3.8) is 0 Å². The van der Waals surface area contributed by atoms with E-state index in [4.69, 9.17) is 9.73 Å². The summed E-state index contributed by atoms with van der Waals surface area (Å²) in [5, 5.41) is 13.2. The van der Waals surface area contributed by atoms with Crippen molar-refractivity contribution < 1.29 is 14.6 Å². The van der Waals surface area contributed by atoms with Gasteiger partial charge in [0, 0.05) is 32.1 Å². The first-order valence-electron chi connectivity index (χ1n) is 8.44. The maximum atomic E-state index is 11.6. The molecule has 0 amide bonds. The molecule has 0 spiro atoms. The number of halogens is 1. The predicted octanol–water partition coefficient (Wildman–Crippen LogP) is 1.62. The van der Waals surface area contributed by atoms with E-state index in [1.165, 1.54) is 7.11 Å². The summed E-state index contributed by atoms with van der Waals surface area (Å²) in [6.07, 6.45) is 4.49. The number of piperidine rings is 1. The van der Waals surface area contributed by atoms with Crippen molar-refractivity contribution in [3.8, 4) is 0 Å². The Kier molecular flexibility index (Phi) is 9.19. The molecule has 1 heterocycles. The van der Waals surface area contributed by atoms with Gasteiger partial charge >= 0.3 is 5.97 Å². The zero-order valence-electron chi connectivity index (χ0n) is 14.2. The van der Waals surface area contributed by atoms with Crippen molar-refractivity contribution >= 4 is 35.9 Å². The molecule has 2 atom stereocenters. The van der Waals surface area contributed by atoms with Crippen LogP contribution in [0.1, 0.15) is 39.0 Å². The molecule has 1 aliphatic heterocycles. The lowest BCUT2D eigenvalue weighted by Crippen LogP contribution is -2.47. The van der Waals surface area contributed by atoms with Crippen LogP contribution < -0.4 is 5.32 Å². The van der Waals surface area contributed by atoms with E-state index in [1.54, 1.807) is 0 Å². The highest BCUT2D eigenvalue weighted by Crippen LogP contribution is 2.26. The number of nitrogens with one attached hydrogen (secondary N) is 1. The highest BCUT2D eigenvalue weighted by atomic mass is 127. The van der Waals surface area contributed by atoms with Crippen molar-refractivity contribution in [3.05, 3.63) is 0 Å². The van der Waals surface area contributed by atoms with Crippen molar-refractivity contribution in [2.45, 2.75) is 45.1 Å². The maximum Gasteiger partial charge on any atom is 0.308 e. The van der Waals surface area contributed by atoms with Gasteiger partial charge in [-0.3, -0.25) is 9.79 Å². The Hall–Kier alpha value is -0.570. The molecule has 1 saturated carbocycles. The van der Waals surface area contributed by atoms with E-state index in [9.17, 15) is 9.90 Å². The van der Waals surface area contributed by atoms with Crippen LogP contribution in [0.2, 0.25) is 0 Å². The third kappa shape index (κ3) is 5.77. The van der Waals surface area contributed by atoms with E-state index >= 15 is 0 Å². The number of nitrogens with zero attached hydrogens (tertiary/aromatic N) is 2. The second kappa shape index (κ2) is 10.3. The lowest BCUT2D eigenvalue weighted by Gasteiger charge is -2.33. The number of carbonyl (C=O) groups excluding carboxylic acids is 1. The summed E-state index contributed by atoms with van der Waals surface area (Å²) in [6.45, 7) is 5.20. The number of hydrogen-bond acceptors (Lipinski definition) is 4. The van der Waals surface area contributed by atoms with Crippen molar-refractivity contribution in [2.24, 2.45) is 16.8 Å². The highest BCUT2D eigenvalue weighted by Gasteiger charge is 2.28. The van der Waals surface area contributed by atoms with Gasteiger partial charge in [-0.1, -0.05) is 6.42 Å². The average molecular weight is 439 g/mol. The molecular formula is C16H30IN3O3. The van der Waals surface area contributed by atoms with Gasteiger partial charge in [0.05, 0.1) is 19.1 Å². The number of rotatable bonds is 4. The van der Waals surface area contributed by atoms with E-state index < -0.39 is 0 Å². The lowest BCUT2D eigenvalue weighted by atomic mass is 9.97. The Morgan fingerprint density at radius 1 is 1.30 bits per heavy atom. The summed E-state index contributed by atoms with van der Waals surface area (Å²) in [5.74, 6) is 1.11. The fraction of sp³-hybridized carbons (Fsp3) is 0.875. The quantitative estimate of drug-likeness (QED) is 0.302. The molecule has 2 fully saturated rings. The molecule has 2 unspecified atom stereocenters. The Morgan fingerprint density at radius 2 is 2.00 bits per heavy atom. The molecule has 0 aromatic rings. The van der Waals surface area contributed by atoms with Crippen molar-refractivity contribution in [2.75, 3.05) is 33.3 Å². The van der Waals surface area contributed by atoms with Gasteiger partial charge in [0.2, 0.25) is 0 Å². The van der Waals surface area contributed by atoms with E-state index in [0.717, 1.165) is 57.7 Å². The number of guanidine groups is 1. The number of aliphatic imine (C=N–C) groups is 1. The van der Waals surface area contributed by atoms with Crippen LogP contribution in [0.3, 0.4) is 0 Å². The Bertz CT molecular complexity index is 398. The number of methoxy groups -OCH3 is 1. The standard InChI is InChI=1S/C16H29N3O3.HI/c1-3-17-16(18-11-13-5-4-6-14(13)20)19-9-7-12(8-10-19)15(21)22-2;/h12-14,20H,3-11H2,1-2H3,(H,17,18);1H. The molecule has 23 heavy (non-hydrogen) atoms. The van der Waals surface area contributed by atoms with Gasteiger partial charge in [0.15, 0.2) is 5.96 Å². The minimum atomic E-state index is -0.198. The molecule has 7 heteroatoms. The van der Waals surface area contributed by atoms with Crippen LogP contribution in [0.25, 0.3) is 0 Å². The summed E-state index contributed by atoms with van der Waals surface area (Å²) in [6, 6.07) is 0. The minimum Gasteiger partial charge on any atom is -0.469 e. The zero-order chi connectivity index (χ0) is 15.9. The topological polar surface area (TPSA) is 74.2 Å². The average Bonchev–Trinajstić information content (AvgIpc) is 2.96. The molecule has 2 aliphatic rings. The first-order chi connectivity index (χ1) is 10.7. The van der Waals surface area contributed by atoms with E-state index in [2.05, 4.69) is 17.1 Å². The largest absolute Gasteiger partial charge is 0.469 e. The second-order valence-electron chi connectivity index (χ2n) is 6.24. The second-order valence-corrected chi connectivity index (χ2v) is 6.24. The lowest BCUT2D eigenvalue weighted by molar-refractivity contribution is -0.146. The Labute approximate surface area is 156 Å². The number of likely N-dealkylation sites (tertiary alicyclic amines) is 1. The van der Waals surface area contributed by atoms with Crippen LogP contribution >= 0.6 is 24.0 Å². The third-order valence-corrected chi connectivity index (χ3v) is 4.76. The molecule has 2 N–H and O–H groups in total. The van der Waals surface area contributed by atoms with Crippen LogP contribution in [0.5, 0.6) is 0 Å². The van der Waals surface area contributed by atoms with Crippen molar-refractivity contribution in [1.82, 2.24) is 10.2 Å². The summed E-state index contributed by atoms with van der Waals surface area (Å²) in [5.41, 5.74) is 0. The van der Waals surface area contributed by atoms with E-state index in [-0.39, 0.29) is 42.0 Å². The molecular weight excluding hydrogens is 409 g/mol. The van der Waals surface area contributed by atoms with Gasteiger partial charge in [0.1, 0.15) is 0 Å². The van der Waals surface area contributed by atoms with Crippen LogP contribution in [0.15, 0.2) is 4.99 Å². The van der Waals surface area contributed by atoms with E-state index in [1.807, 2.05) is 0 Å². The molecule has 1 saturated heterocycles. The normalized spacial score (nSPS) is 25.9. The fourth-order valence-corrected chi connectivity index (χ4v) is 3.35. The van der Waals surface area contributed by atoms with Crippen LogP contribution in [-0.2, 0) is 9.53 Å². The summed E-state index contributed by atoms with van der Waals surface area (Å²) in [4.78, 5) is 18.5. The maximum absolute atomic E-state index is 11.6. The first kappa shape index (κ1) is 20.5. The Morgan fingerprint density at radius 3 is 2.52 bits per heavy atom. The van der Waals surface area contributed by atoms with Gasteiger partial charge in [-0.2, -0.15) is 0 Å². The molecule has 0 bridgehead atoms. The third-order valence-electron chi connectivity index (χ3n) is 4.76. The fourth-order valence-electron chi connectivity index (χ4n) is 3.35. The number of ether oxygens (including phenoxy) is 1. The number of carbonyl (C=O) groups is 1. The van der Waals surface area contributed by atoms with Gasteiger partial charge in [-0.25, -0.2) is 0 Å². The van der Waals surface area contributed by atoms with Gasteiger partial charge in [-0.05, 0) is 32.6 Å². The smallest absolute Gasteiger partial charge is 0.308 e. The number of esters is 1. The number of hydrogen-bond donors (Lipinski definition) is 2. The molecule has 0 aromatic heterocycles. The van der Waals surface area contributed by atoms with Crippen LogP contribution in [-0.4, -0.2) is 61.3 Å². The predicted molar refractivity (Wildman–Crippen MR) is 101 cm³/mol. The summed E-state index contributed by atoms with van der Waals surface area (Å²) in [7, 11) is 1.45. The molecule has 134 valence electrons. The van der Waals surface area contributed by atoms with Gasteiger partial charge < -0.3 is 20.1 Å². The summed E-state index contributed by atoms with van der Waals surface area (Å²) >= 11 is 0. The minimum absolute atomic E-state index is 0. The van der Waals surface area contributed by atoms with Gasteiger partial charge in [-0.15, -0.1) is 24.0 Å². The molecule has 0 radical (unpaired) electrons. The monoisotopic (exact) mass is 439 g/mol. The number of aliphatic hydroxyl groups is 1. The summed E-state index contributed by atoms with van der Waals surface area (Å²) < 4.78 is 4.83. The SMILES string of the molecule is CCNC(=NCC1CCCC1O)N1CCC(C(=O)OC)CC1.I. The molecule has 2 rings (SSSR count). The zero-order valence-corrected chi connectivity index (χ0v) is 16.5. The molecule has 1 aliphatic carbocycles. The molecule has 0 aromatic carbocycles. The van der Waals surface area contributed by atoms with Gasteiger partial charge in [0.25, 0.3) is 0 Å².